The number of hydrogen-bond donors (Lipinski definition) is 1. The summed E-state index contributed by atoms with van der Waals surface area (Å²) in [5.74, 6) is -1.02. The molecule has 0 radical (unpaired) electrons. The Morgan fingerprint density at radius 2 is 1.85 bits per heavy atom. The van der Waals surface area contributed by atoms with Crippen LogP contribution in [-0.2, 0) is 21.5 Å². The van der Waals surface area contributed by atoms with Crippen molar-refractivity contribution in [1.82, 2.24) is 8.61 Å². The molecule has 0 heterocycles. The fraction of sp³-hybridized carbons (Fsp3) is 0.462. The highest BCUT2D eigenvalue weighted by molar-refractivity contribution is 7.86. The number of hydrogen-bond acceptors (Lipinski definition) is 3. The maximum Gasteiger partial charge on any atom is 0.304 e. The minimum atomic E-state index is -3.64. The van der Waals surface area contributed by atoms with Gasteiger partial charge in [-0.1, -0.05) is 37.3 Å². The molecule has 0 fully saturated rings. The number of rotatable bonds is 8. The van der Waals surface area contributed by atoms with Gasteiger partial charge in [-0.3, -0.25) is 4.79 Å². The molecule has 0 atom stereocenters. The molecule has 7 heteroatoms. The normalized spacial score (nSPS) is 12.0. The van der Waals surface area contributed by atoms with E-state index >= 15 is 0 Å². The van der Waals surface area contributed by atoms with Crippen LogP contribution in [0.3, 0.4) is 0 Å². The van der Waals surface area contributed by atoms with Gasteiger partial charge < -0.3 is 5.11 Å². The molecule has 0 aliphatic rings. The second kappa shape index (κ2) is 7.37. The largest absolute Gasteiger partial charge is 0.481 e. The molecule has 0 saturated carbocycles. The molecule has 6 nitrogen and oxygen atoms in total. The highest BCUT2D eigenvalue weighted by atomic mass is 32.2. The maximum absolute atomic E-state index is 12.3. The van der Waals surface area contributed by atoms with Crippen molar-refractivity contribution in [3.8, 4) is 0 Å². The number of nitrogens with zero attached hydrogens (tertiary/aromatic N) is 2. The Labute approximate surface area is 119 Å². The van der Waals surface area contributed by atoms with Crippen LogP contribution in [0.1, 0.15) is 18.9 Å². The van der Waals surface area contributed by atoms with Gasteiger partial charge in [0.1, 0.15) is 0 Å². The molecule has 0 unspecified atom stereocenters. The van der Waals surface area contributed by atoms with E-state index in [1.54, 1.807) is 6.92 Å². The average molecular weight is 300 g/mol. The average Bonchev–Trinajstić information content (AvgIpc) is 2.42. The lowest BCUT2D eigenvalue weighted by Crippen LogP contribution is -2.42. The van der Waals surface area contributed by atoms with Gasteiger partial charge in [0, 0.05) is 26.7 Å². The van der Waals surface area contributed by atoms with Gasteiger partial charge in [-0.25, -0.2) is 0 Å². The lowest BCUT2D eigenvalue weighted by molar-refractivity contribution is -0.137. The SMILES string of the molecule is CCN(Cc1ccccc1)S(=O)(=O)N(C)CCC(=O)O. The van der Waals surface area contributed by atoms with Gasteiger partial charge in [-0.2, -0.15) is 17.0 Å². The molecule has 1 aromatic rings. The Morgan fingerprint density at radius 1 is 1.25 bits per heavy atom. The molecule has 1 N–H and O–H groups in total. The molecule has 0 aromatic heterocycles. The Morgan fingerprint density at radius 3 is 2.35 bits per heavy atom. The van der Waals surface area contributed by atoms with Gasteiger partial charge in [0.25, 0.3) is 10.2 Å². The van der Waals surface area contributed by atoms with Gasteiger partial charge in [0.15, 0.2) is 0 Å². The van der Waals surface area contributed by atoms with Crippen molar-refractivity contribution < 1.29 is 18.3 Å². The van der Waals surface area contributed by atoms with Gasteiger partial charge in [0.05, 0.1) is 6.42 Å². The first kappa shape index (κ1) is 16.6. The van der Waals surface area contributed by atoms with Crippen LogP contribution in [0.5, 0.6) is 0 Å². The molecular weight excluding hydrogens is 280 g/mol. The minimum Gasteiger partial charge on any atom is -0.481 e. The van der Waals surface area contributed by atoms with Crippen molar-refractivity contribution in [1.29, 1.82) is 0 Å². The van der Waals surface area contributed by atoms with E-state index in [4.69, 9.17) is 5.11 Å². The zero-order valence-electron chi connectivity index (χ0n) is 11.7. The third-order valence-corrected chi connectivity index (χ3v) is 4.93. The molecule has 0 saturated heterocycles. The summed E-state index contributed by atoms with van der Waals surface area (Å²) in [4.78, 5) is 10.5. The quantitative estimate of drug-likeness (QED) is 0.781. The lowest BCUT2D eigenvalue weighted by Gasteiger charge is -2.26. The molecule has 0 amide bonds. The number of carboxylic acids is 1. The maximum atomic E-state index is 12.3. The highest BCUT2D eigenvalue weighted by Gasteiger charge is 2.25. The molecule has 0 bridgehead atoms. The van der Waals surface area contributed by atoms with Crippen molar-refractivity contribution in [2.24, 2.45) is 0 Å². The fourth-order valence-electron chi connectivity index (χ4n) is 1.71. The van der Waals surface area contributed by atoms with Crippen molar-refractivity contribution >= 4 is 16.2 Å². The van der Waals surface area contributed by atoms with Crippen LogP contribution in [0.2, 0.25) is 0 Å². The van der Waals surface area contributed by atoms with E-state index in [1.165, 1.54) is 11.4 Å². The number of benzene rings is 1. The van der Waals surface area contributed by atoms with Crippen LogP contribution in [0.15, 0.2) is 30.3 Å². The Kier molecular flexibility index (Phi) is 6.12. The Bertz CT molecular complexity index is 531. The van der Waals surface area contributed by atoms with Crippen LogP contribution >= 0.6 is 0 Å². The van der Waals surface area contributed by atoms with Crippen molar-refractivity contribution in [2.75, 3.05) is 20.1 Å². The summed E-state index contributed by atoms with van der Waals surface area (Å²) in [7, 11) is -2.25. The van der Waals surface area contributed by atoms with Gasteiger partial charge in [-0.15, -0.1) is 0 Å². The van der Waals surface area contributed by atoms with Gasteiger partial charge in [0.2, 0.25) is 0 Å². The monoisotopic (exact) mass is 300 g/mol. The zero-order valence-corrected chi connectivity index (χ0v) is 12.5. The fourth-order valence-corrected chi connectivity index (χ4v) is 3.06. The first-order valence-corrected chi connectivity index (χ1v) is 7.74. The third-order valence-electron chi connectivity index (χ3n) is 2.92. The molecule has 20 heavy (non-hydrogen) atoms. The summed E-state index contributed by atoms with van der Waals surface area (Å²) in [6.07, 6.45) is -0.210. The van der Waals surface area contributed by atoms with Crippen molar-refractivity contribution in [3.05, 3.63) is 35.9 Å². The minimum absolute atomic E-state index is 0.0387. The van der Waals surface area contributed by atoms with Crippen LogP contribution < -0.4 is 0 Å². The zero-order chi connectivity index (χ0) is 15.2. The second-order valence-corrected chi connectivity index (χ2v) is 6.42. The summed E-state index contributed by atoms with van der Waals surface area (Å²) in [6.45, 7) is 2.32. The molecule has 0 aliphatic heterocycles. The Hall–Kier alpha value is -1.44. The molecule has 112 valence electrons. The number of carboxylic acid groups (broad SMARTS) is 1. The summed E-state index contributed by atoms with van der Waals surface area (Å²) >= 11 is 0. The highest BCUT2D eigenvalue weighted by Crippen LogP contribution is 2.12. The van der Waals surface area contributed by atoms with Crippen molar-refractivity contribution in [3.63, 3.8) is 0 Å². The smallest absolute Gasteiger partial charge is 0.304 e. The molecule has 0 aliphatic carbocycles. The van der Waals surface area contributed by atoms with E-state index in [2.05, 4.69) is 0 Å². The van der Waals surface area contributed by atoms with E-state index in [-0.39, 0.29) is 19.5 Å². The molecule has 1 aromatic carbocycles. The summed E-state index contributed by atoms with van der Waals surface area (Å²) < 4.78 is 27.1. The summed E-state index contributed by atoms with van der Waals surface area (Å²) in [5, 5.41) is 8.62. The van der Waals surface area contributed by atoms with Crippen LogP contribution in [0, 0.1) is 0 Å². The Balaban J connectivity index is 2.79. The van der Waals surface area contributed by atoms with Gasteiger partial charge in [-0.05, 0) is 5.56 Å². The van der Waals surface area contributed by atoms with Crippen LogP contribution in [0.4, 0.5) is 0 Å². The third kappa shape index (κ3) is 4.59. The van der Waals surface area contributed by atoms with E-state index in [0.29, 0.717) is 6.54 Å². The van der Waals surface area contributed by atoms with Crippen molar-refractivity contribution in [2.45, 2.75) is 19.9 Å². The van der Waals surface area contributed by atoms with E-state index in [0.717, 1.165) is 9.87 Å². The van der Waals surface area contributed by atoms with E-state index in [9.17, 15) is 13.2 Å². The van der Waals surface area contributed by atoms with Crippen LogP contribution in [-0.4, -0.2) is 48.2 Å². The summed E-state index contributed by atoms with van der Waals surface area (Å²) in [5.41, 5.74) is 0.893. The molecule has 1 rings (SSSR count). The first-order valence-electron chi connectivity index (χ1n) is 6.35. The predicted octanol–water partition coefficient (Wildman–Crippen LogP) is 1.16. The van der Waals surface area contributed by atoms with E-state index in [1.807, 2.05) is 30.3 Å². The van der Waals surface area contributed by atoms with E-state index < -0.39 is 16.2 Å². The number of aliphatic carboxylic acids is 1. The second-order valence-electron chi connectivity index (χ2n) is 4.38. The van der Waals surface area contributed by atoms with Crippen LogP contribution in [0.25, 0.3) is 0 Å². The molecular formula is C13H20N2O4S. The standard InChI is InChI=1S/C13H20N2O4S/c1-3-15(11-12-7-5-4-6-8-12)20(18,19)14(2)10-9-13(16)17/h4-8H,3,9-11H2,1-2H3,(H,16,17). The topological polar surface area (TPSA) is 77.9 Å². The summed E-state index contributed by atoms with van der Waals surface area (Å²) in [6, 6.07) is 9.28. The predicted molar refractivity (Wildman–Crippen MR) is 76.3 cm³/mol. The molecule has 0 spiro atoms. The van der Waals surface area contributed by atoms with Gasteiger partial charge >= 0.3 is 5.97 Å². The first-order chi connectivity index (χ1) is 9.37. The number of carbonyl (C=O) groups is 1. The lowest BCUT2D eigenvalue weighted by atomic mass is 10.2.